The van der Waals surface area contributed by atoms with Gasteiger partial charge in [-0.25, -0.2) is 9.18 Å². The predicted octanol–water partition coefficient (Wildman–Crippen LogP) is 1.80. The lowest BCUT2D eigenvalue weighted by molar-refractivity contribution is -0.142. The Balaban J connectivity index is 2.91. The van der Waals surface area contributed by atoms with Gasteiger partial charge in [0, 0.05) is 13.3 Å². The summed E-state index contributed by atoms with van der Waals surface area (Å²) in [6.45, 7) is 4.87. The maximum absolute atomic E-state index is 13.8. The molecular weight excluding hydrogens is 327 g/mol. The lowest BCUT2D eigenvalue weighted by atomic mass is 10.0. The molecule has 0 aromatic heterocycles. The van der Waals surface area contributed by atoms with Crippen molar-refractivity contribution in [2.75, 3.05) is 0 Å². The molecule has 0 unspecified atom stereocenters. The Kier molecular flexibility index (Phi) is 7.78. The summed E-state index contributed by atoms with van der Waals surface area (Å²) in [5.41, 5.74) is 1.18. The number of hydrogen-bond donors (Lipinski definition) is 3. The van der Waals surface area contributed by atoms with Crippen LogP contribution in [0.3, 0.4) is 0 Å². The molecule has 6 nitrogen and oxygen atoms in total. The van der Waals surface area contributed by atoms with Gasteiger partial charge in [-0.2, -0.15) is 0 Å². The molecule has 136 valence electrons. The first-order valence-electron chi connectivity index (χ1n) is 7.87. The van der Waals surface area contributed by atoms with Crippen molar-refractivity contribution in [3.8, 4) is 0 Å². The Hall–Kier alpha value is -2.70. The van der Waals surface area contributed by atoms with E-state index in [0.29, 0.717) is 0 Å². The van der Waals surface area contributed by atoms with Gasteiger partial charge in [0.1, 0.15) is 17.9 Å². The first-order chi connectivity index (χ1) is 11.7. The highest BCUT2D eigenvalue weighted by Gasteiger charge is 2.26. The zero-order valence-corrected chi connectivity index (χ0v) is 14.5. The third-order valence-corrected chi connectivity index (χ3v) is 3.45. The Bertz CT molecular complexity index is 669. The molecule has 25 heavy (non-hydrogen) atoms. The highest BCUT2D eigenvalue weighted by atomic mass is 19.1. The molecule has 1 aromatic carbocycles. The molecule has 2 atom stereocenters. The van der Waals surface area contributed by atoms with E-state index in [1.165, 1.54) is 25.1 Å². The molecule has 2 amide bonds. The minimum Gasteiger partial charge on any atom is -0.480 e. The second kappa shape index (κ2) is 9.56. The summed E-state index contributed by atoms with van der Waals surface area (Å²) >= 11 is 0. The van der Waals surface area contributed by atoms with Gasteiger partial charge in [0.15, 0.2) is 0 Å². The van der Waals surface area contributed by atoms with Crippen LogP contribution in [0.2, 0.25) is 0 Å². The fourth-order valence-corrected chi connectivity index (χ4v) is 2.19. The Morgan fingerprint density at radius 2 is 1.76 bits per heavy atom. The molecule has 0 aliphatic carbocycles. The third kappa shape index (κ3) is 7.15. The molecule has 0 radical (unpaired) electrons. The van der Waals surface area contributed by atoms with Crippen LogP contribution < -0.4 is 10.6 Å². The zero-order chi connectivity index (χ0) is 19.0. The van der Waals surface area contributed by atoms with E-state index in [0.717, 1.165) is 5.57 Å². The molecule has 3 N–H and O–H groups in total. The summed E-state index contributed by atoms with van der Waals surface area (Å²) in [4.78, 5) is 35.1. The van der Waals surface area contributed by atoms with Gasteiger partial charge in [0.2, 0.25) is 11.8 Å². The van der Waals surface area contributed by atoms with Crippen molar-refractivity contribution in [1.29, 1.82) is 0 Å². The van der Waals surface area contributed by atoms with Crippen molar-refractivity contribution in [3.05, 3.63) is 47.3 Å². The normalized spacial score (nSPS) is 12.6. The van der Waals surface area contributed by atoms with E-state index >= 15 is 0 Å². The summed E-state index contributed by atoms with van der Waals surface area (Å²) in [7, 11) is 0. The molecular formula is C18H23FN2O4. The van der Waals surface area contributed by atoms with Gasteiger partial charge in [-0.1, -0.05) is 29.8 Å². The molecule has 0 saturated carbocycles. The van der Waals surface area contributed by atoms with Gasteiger partial charge in [-0.05, 0) is 31.9 Å². The largest absolute Gasteiger partial charge is 0.480 e. The van der Waals surface area contributed by atoms with Gasteiger partial charge >= 0.3 is 5.97 Å². The molecule has 0 heterocycles. The van der Waals surface area contributed by atoms with Gasteiger partial charge in [0.05, 0.1) is 0 Å². The zero-order valence-electron chi connectivity index (χ0n) is 14.5. The molecule has 0 spiro atoms. The van der Waals surface area contributed by atoms with Crippen LogP contribution in [0.4, 0.5) is 4.39 Å². The standard InChI is InChI=1S/C18H23FN2O4/c1-11(2)8-9-15(18(24)25)21-17(23)16(20-12(3)22)10-13-6-4-5-7-14(13)19/h4-8,15-16H,9-10H2,1-3H3,(H,20,22)(H,21,23)(H,24,25)/t15-,16+/m0/s1. The quantitative estimate of drug-likeness (QED) is 0.623. The van der Waals surface area contributed by atoms with E-state index < -0.39 is 35.7 Å². The molecule has 1 rings (SSSR count). The molecule has 1 aromatic rings. The number of carboxylic acid groups (broad SMARTS) is 1. The maximum Gasteiger partial charge on any atom is 0.326 e. The van der Waals surface area contributed by atoms with E-state index in [1.54, 1.807) is 12.1 Å². The van der Waals surface area contributed by atoms with Crippen LogP contribution in [-0.2, 0) is 20.8 Å². The van der Waals surface area contributed by atoms with Crippen LogP contribution in [-0.4, -0.2) is 35.0 Å². The van der Waals surface area contributed by atoms with E-state index in [2.05, 4.69) is 10.6 Å². The first-order valence-corrected chi connectivity index (χ1v) is 7.87. The lowest BCUT2D eigenvalue weighted by Crippen LogP contribution is -2.52. The first kappa shape index (κ1) is 20.3. The van der Waals surface area contributed by atoms with E-state index in [4.69, 9.17) is 0 Å². The van der Waals surface area contributed by atoms with Crippen LogP contribution in [0.15, 0.2) is 35.9 Å². The summed E-state index contributed by atoms with van der Waals surface area (Å²) in [5.74, 6) is -2.82. The number of hydrogen-bond acceptors (Lipinski definition) is 3. The van der Waals surface area contributed by atoms with Crippen molar-refractivity contribution < 1.29 is 23.9 Å². The van der Waals surface area contributed by atoms with Gasteiger partial charge in [-0.3, -0.25) is 9.59 Å². The molecule has 0 fully saturated rings. The van der Waals surface area contributed by atoms with Crippen molar-refractivity contribution in [1.82, 2.24) is 10.6 Å². The fourth-order valence-electron chi connectivity index (χ4n) is 2.19. The second-order valence-electron chi connectivity index (χ2n) is 5.97. The minimum absolute atomic E-state index is 0.0763. The monoisotopic (exact) mass is 350 g/mol. The molecule has 0 saturated heterocycles. The average Bonchev–Trinajstić information content (AvgIpc) is 2.51. The van der Waals surface area contributed by atoms with Gasteiger partial charge in [0.25, 0.3) is 0 Å². The highest BCUT2D eigenvalue weighted by Crippen LogP contribution is 2.10. The number of halogens is 1. The van der Waals surface area contributed by atoms with Crippen molar-refractivity contribution >= 4 is 17.8 Å². The summed E-state index contributed by atoms with van der Waals surface area (Å²) in [6, 6.07) is 3.71. The molecule has 0 aliphatic heterocycles. The van der Waals surface area contributed by atoms with E-state index in [-0.39, 0.29) is 18.4 Å². The number of rotatable bonds is 8. The third-order valence-electron chi connectivity index (χ3n) is 3.45. The van der Waals surface area contributed by atoms with Crippen LogP contribution in [0.25, 0.3) is 0 Å². The Morgan fingerprint density at radius 3 is 2.28 bits per heavy atom. The number of aliphatic carboxylic acids is 1. The SMILES string of the molecule is CC(=O)N[C@H](Cc1ccccc1F)C(=O)N[C@@H](CC=C(C)C)C(=O)O. The summed E-state index contributed by atoms with van der Waals surface area (Å²) in [5, 5.41) is 14.1. The highest BCUT2D eigenvalue weighted by molar-refractivity contribution is 5.90. The van der Waals surface area contributed by atoms with Gasteiger partial charge < -0.3 is 15.7 Å². The predicted molar refractivity (Wildman–Crippen MR) is 91.3 cm³/mol. The maximum atomic E-state index is 13.8. The molecule has 7 heteroatoms. The minimum atomic E-state index is -1.18. The topological polar surface area (TPSA) is 95.5 Å². The Labute approximate surface area is 146 Å². The lowest BCUT2D eigenvalue weighted by Gasteiger charge is -2.21. The Morgan fingerprint density at radius 1 is 1.12 bits per heavy atom. The fraction of sp³-hybridized carbons (Fsp3) is 0.389. The number of nitrogens with one attached hydrogen (secondary N) is 2. The molecule has 0 bridgehead atoms. The number of allylic oxidation sites excluding steroid dienone is 1. The van der Waals surface area contributed by atoms with E-state index in [1.807, 2.05) is 13.8 Å². The van der Waals surface area contributed by atoms with Crippen LogP contribution >= 0.6 is 0 Å². The summed E-state index contributed by atoms with van der Waals surface area (Å²) in [6.07, 6.45) is 1.74. The van der Waals surface area contributed by atoms with Gasteiger partial charge in [-0.15, -0.1) is 0 Å². The average molecular weight is 350 g/mol. The van der Waals surface area contributed by atoms with E-state index in [9.17, 15) is 23.9 Å². The number of carboxylic acids is 1. The van der Waals surface area contributed by atoms with Crippen LogP contribution in [0, 0.1) is 5.82 Å². The number of benzene rings is 1. The van der Waals surface area contributed by atoms with Crippen LogP contribution in [0.5, 0.6) is 0 Å². The smallest absolute Gasteiger partial charge is 0.326 e. The van der Waals surface area contributed by atoms with Crippen molar-refractivity contribution in [2.24, 2.45) is 0 Å². The van der Waals surface area contributed by atoms with Crippen molar-refractivity contribution in [3.63, 3.8) is 0 Å². The summed E-state index contributed by atoms with van der Waals surface area (Å²) < 4.78 is 13.8. The van der Waals surface area contributed by atoms with Crippen molar-refractivity contribution in [2.45, 2.75) is 45.7 Å². The van der Waals surface area contributed by atoms with Crippen LogP contribution in [0.1, 0.15) is 32.8 Å². The number of carbonyl (C=O) groups excluding carboxylic acids is 2. The second-order valence-corrected chi connectivity index (χ2v) is 5.97. The number of amides is 2. The number of carbonyl (C=O) groups is 3. The molecule has 0 aliphatic rings.